The fraction of sp³-hybridized carbons (Fsp3) is 0.200. The largest absolute Gasteiger partial charge is 0.237 e. The van der Waals surface area contributed by atoms with Crippen LogP contribution < -0.4 is 0 Å². The summed E-state index contributed by atoms with van der Waals surface area (Å²) in [6, 6.07) is 0. The molecule has 0 bridgehead atoms. The van der Waals surface area contributed by atoms with E-state index >= 15 is 0 Å². The number of hydrogen-bond acceptors (Lipinski definition) is 4. The van der Waals surface area contributed by atoms with E-state index in [4.69, 9.17) is 0 Å². The first-order valence-electron chi connectivity index (χ1n) is 2.63. The molecule has 0 fully saturated rings. The average molecular weight is 139 g/mol. The molecule has 0 radical (unpaired) electrons. The van der Waals surface area contributed by atoms with E-state index in [1.165, 1.54) is 0 Å². The molecular formula is C5H5N3S. The molecule has 0 unspecified atom stereocenters. The minimum Gasteiger partial charge on any atom is -0.237 e. The Bertz CT molecular complexity index is 203. The third kappa shape index (κ3) is 0.751. The van der Waals surface area contributed by atoms with Gasteiger partial charge in [0.25, 0.3) is 0 Å². The molecule has 0 aromatic heterocycles. The summed E-state index contributed by atoms with van der Waals surface area (Å²) in [4.78, 5) is 4.08. The average Bonchev–Trinajstić information content (AvgIpc) is 2.33. The number of hydrazone groups is 1. The Kier molecular flexibility index (Phi) is 1.05. The van der Waals surface area contributed by atoms with Crippen LogP contribution in [0.25, 0.3) is 0 Å². The zero-order valence-corrected chi connectivity index (χ0v) is 5.51. The van der Waals surface area contributed by atoms with Gasteiger partial charge in [-0.25, -0.2) is 10.0 Å². The molecule has 0 saturated carbocycles. The molecule has 2 rings (SSSR count). The van der Waals surface area contributed by atoms with Gasteiger partial charge in [0.05, 0.1) is 12.1 Å². The van der Waals surface area contributed by atoms with Crippen molar-refractivity contribution in [2.75, 3.05) is 5.88 Å². The number of fused-ring (bicyclic) bond motifs is 1. The van der Waals surface area contributed by atoms with Gasteiger partial charge in [-0.3, -0.25) is 0 Å². The first-order valence-corrected chi connectivity index (χ1v) is 3.67. The highest BCUT2D eigenvalue weighted by Crippen LogP contribution is 2.24. The first kappa shape index (κ1) is 5.05. The summed E-state index contributed by atoms with van der Waals surface area (Å²) >= 11 is 1.72. The van der Waals surface area contributed by atoms with Crippen molar-refractivity contribution < 1.29 is 0 Å². The van der Waals surface area contributed by atoms with Crippen LogP contribution in [0.3, 0.4) is 0 Å². The SMILES string of the molecule is C1=NC2=CSCN2N=C1. The maximum Gasteiger partial charge on any atom is 0.156 e. The van der Waals surface area contributed by atoms with E-state index in [9.17, 15) is 0 Å². The second-order valence-electron chi connectivity index (χ2n) is 1.71. The molecule has 0 amide bonds. The molecule has 0 N–H and O–H groups in total. The third-order valence-corrected chi connectivity index (χ3v) is 1.90. The lowest BCUT2D eigenvalue weighted by atomic mass is 10.7. The van der Waals surface area contributed by atoms with Gasteiger partial charge in [0.1, 0.15) is 0 Å². The lowest BCUT2D eigenvalue weighted by Gasteiger charge is -2.12. The topological polar surface area (TPSA) is 28.0 Å². The van der Waals surface area contributed by atoms with E-state index in [-0.39, 0.29) is 0 Å². The van der Waals surface area contributed by atoms with E-state index < -0.39 is 0 Å². The molecule has 0 aromatic rings. The van der Waals surface area contributed by atoms with Crippen LogP contribution in [0, 0.1) is 0 Å². The van der Waals surface area contributed by atoms with Crippen LogP contribution in [0.4, 0.5) is 0 Å². The van der Waals surface area contributed by atoms with Crippen LogP contribution in [0.1, 0.15) is 0 Å². The molecule has 9 heavy (non-hydrogen) atoms. The summed E-state index contributed by atoms with van der Waals surface area (Å²) in [6.45, 7) is 0. The van der Waals surface area contributed by atoms with Crippen molar-refractivity contribution in [3.05, 3.63) is 11.2 Å². The molecule has 0 saturated heterocycles. The van der Waals surface area contributed by atoms with E-state index in [0.29, 0.717) is 0 Å². The summed E-state index contributed by atoms with van der Waals surface area (Å²) < 4.78 is 0. The van der Waals surface area contributed by atoms with E-state index in [1.807, 2.05) is 10.4 Å². The summed E-state index contributed by atoms with van der Waals surface area (Å²) in [5, 5.41) is 7.93. The summed E-state index contributed by atoms with van der Waals surface area (Å²) in [6.07, 6.45) is 3.40. The molecule has 0 atom stereocenters. The van der Waals surface area contributed by atoms with Gasteiger partial charge < -0.3 is 0 Å². The zero-order valence-electron chi connectivity index (χ0n) is 4.69. The quantitative estimate of drug-likeness (QED) is 0.498. The molecule has 2 heterocycles. The van der Waals surface area contributed by atoms with E-state index in [0.717, 1.165) is 11.7 Å². The fourth-order valence-corrected chi connectivity index (χ4v) is 1.47. The van der Waals surface area contributed by atoms with Crippen LogP contribution in [0.2, 0.25) is 0 Å². The maximum atomic E-state index is 4.08. The Morgan fingerprint density at radius 1 is 1.56 bits per heavy atom. The highest BCUT2D eigenvalue weighted by Gasteiger charge is 2.13. The van der Waals surface area contributed by atoms with Crippen LogP contribution in [0.5, 0.6) is 0 Å². The molecular weight excluding hydrogens is 134 g/mol. The number of thioether (sulfide) groups is 1. The summed E-state index contributed by atoms with van der Waals surface area (Å²) in [7, 11) is 0. The Morgan fingerprint density at radius 3 is 3.44 bits per heavy atom. The Balaban J connectivity index is 2.33. The molecule has 2 aliphatic heterocycles. The molecule has 0 aliphatic carbocycles. The second-order valence-corrected chi connectivity index (χ2v) is 2.54. The lowest BCUT2D eigenvalue weighted by molar-refractivity contribution is 0.434. The van der Waals surface area contributed by atoms with Crippen LogP contribution in [0.15, 0.2) is 21.3 Å². The molecule has 0 spiro atoms. The van der Waals surface area contributed by atoms with Gasteiger partial charge in [-0.05, 0) is 0 Å². The van der Waals surface area contributed by atoms with Crippen molar-refractivity contribution in [3.8, 4) is 0 Å². The van der Waals surface area contributed by atoms with E-state index in [2.05, 4.69) is 10.1 Å². The smallest absolute Gasteiger partial charge is 0.156 e. The van der Waals surface area contributed by atoms with Gasteiger partial charge in [0, 0.05) is 11.6 Å². The van der Waals surface area contributed by atoms with Gasteiger partial charge in [-0.2, -0.15) is 5.10 Å². The first-order chi connectivity index (χ1) is 4.47. The van der Waals surface area contributed by atoms with Gasteiger partial charge in [-0.1, -0.05) is 0 Å². The minimum absolute atomic E-state index is 0.906. The van der Waals surface area contributed by atoms with Gasteiger partial charge in [-0.15, -0.1) is 11.8 Å². The van der Waals surface area contributed by atoms with Crippen LogP contribution >= 0.6 is 11.8 Å². The maximum absolute atomic E-state index is 4.08. The monoisotopic (exact) mass is 139 g/mol. The van der Waals surface area contributed by atoms with Crippen molar-refractivity contribution in [2.24, 2.45) is 10.1 Å². The van der Waals surface area contributed by atoms with Crippen molar-refractivity contribution in [2.45, 2.75) is 0 Å². The molecule has 0 aromatic carbocycles. The van der Waals surface area contributed by atoms with Crippen LogP contribution in [-0.2, 0) is 0 Å². The summed E-state index contributed by atoms with van der Waals surface area (Å²) in [5.41, 5.74) is 0. The highest BCUT2D eigenvalue weighted by molar-refractivity contribution is 8.02. The number of nitrogens with zero attached hydrogens (tertiary/aromatic N) is 3. The molecule has 46 valence electrons. The normalized spacial score (nSPS) is 22.2. The Morgan fingerprint density at radius 2 is 2.56 bits per heavy atom. The van der Waals surface area contributed by atoms with Gasteiger partial charge in [0.15, 0.2) is 5.82 Å². The molecule has 2 aliphatic rings. The highest BCUT2D eigenvalue weighted by atomic mass is 32.2. The van der Waals surface area contributed by atoms with Crippen molar-refractivity contribution in [1.82, 2.24) is 5.01 Å². The number of aliphatic imine (C=N–C) groups is 1. The van der Waals surface area contributed by atoms with Gasteiger partial charge >= 0.3 is 0 Å². The van der Waals surface area contributed by atoms with Gasteiger partial charge in [0.2, 0.25) is 0 Å². The predicted octanol–water partition coefficient (Wildman–Crippen LogP) is 0.862. The Labute approximate surface area is 57.1 Å². The standard InChI is InChI=1S/C5H5N3S/c1-2-7-8-4-9-3-5(8)6-1/h1-3H,4H2. The fourth-order valence-electron chi connectivity index (χ4n) is 0.719. The third-order valence-electron chi connectivity index (χ3n) is 1.13. The summed E-state index contributed by atoms with van der Waals surface area (Å²) in [5.74, 6) is 1.87. The zero-order chi connectivity index (χ0) is 6.10. The van der Waals surface area contributed by atoms with E-state index in [1.54, 1.807) is 24.2 Å². The molecule has 3 nitrogen and oxygen atoms in total. The minimum atomic E-state index is 0.906. The van der Waals surface area contributed by atoms with Crippen molar-refractivity contribution in [3.63, 3.8) is 0 Å². The lowest BCUT2D eigenvalue weighted by Crippen LogP contribution is -2.13. The Hall–Kier alpha value is -0.770. The second kappa shape index (κ2) is 1.88. The van der Waals surface area contributed by atoms with Crippen molar-refractivity contribution >= 4 is 24.2 Å². The molecule has 4 heteroatoms. The number of rotatable bonds is 0. The number of hydrogen-bond donors (Lipinski definition) is 0. The van der Waals surface area contributed by atoms with Crippen LogP contribution in [-0.4, -0.2) is 23.3 Å². The van der Waals surface area contributed by atoms with Crippen molar-refractivity contribution in [1.29, 1.82) is 0 Å². The predicted molar refractivity (Wildman–Crippen MR) is 39.4 cm³/mol.